The first-order valence-electron chi connectivity index (χ1n) is 8.09. The molecule has 0 saturated carbocycles. The SMILES string of the molecule is CCOC(=O)N1CCN(C(=O)CNC(C)c2ccccc2)CC1. The van der Waals surface area contributed by atoms with Gasteiger partial charge in [-0.25, -0.2) is 4.79 Å². The molecule has 23 heavy (non-hydrogen) atoms. The third kappa shape index (κ3) is 4.96. The fourth-order valence-corrected chi connectivity index (χ4v) is 2.56. The number of carbonyl (C=O) groups excluding carboxylic acids is 2. The molecule has 2 amide bonds. The summed E-state index contributed by atoms with van der Waals surface area (Å²) in [6, 6.07) is 10.2. The molecule has 0 radical (unpaired) electrons. The first-order chi connectivity index (χ1) is 11.1. The van der Waals surface area contributed by atoms with Gasteiger partial charge in [-0.2, -0.15) is 0 Å². The maximum absolute atomic E-state index is 12.3. The van der Waals surface area contributed by atoms with Crippen molar-refractivity contribution in [2.75, 3.05) is 39.3 Å². The predicted octanol–water partition coefficient (Wildman–Crippen LogP) is 1.64. The van der Waals surface area contributed by atoms with Gasteiger partial charge in [-0.05, 0) is 19.4 Å². The summed E-state index contributed by atoms with van der Waals surface area (Å²) in [5.74, 6) is 0.0660. The molecule has 1 aromatic carbocycles. The molecule has 1 saturated heterocycles. The van der Waals surface area contributed by atoms with E-state index in [9.17, 15) is 9.59 Å². The number of amides is 2. The first kappa shape index (κ1) is 17.3. The van der Waals surface area contributed by atoms with Gasteiger partial charge in [0.1, 0.15) is 0 Å². The van der Waals surface area contributed by atoms with Crippen molar-refractivity contribution in [2.45, 2.75) is 19.9 Å². The van der Waals surface area contributed by atoms with Crippen LogP contribution in [0.2, 0.25) is 0 Å². The van der Waals surface area contributed by atoms with E-state index >= 15 is 0 Å². The number of benzene rings is 1. The Labute approximate surface area is 137 Å². The first-order valence-corrected chi connectivity index (χ1v) is 8.09. The molecular weight excluding hydrogens is 294 g/mol. The number of ether oxygens (including phenoxy) is 1. The lowest BCUT2D eigenvalue weighted by atomic mass is 10.1. The second kappa shape index (κ2) is 8.53. The summed E-state index contributed by atoms with van der Waals surface area (Å²) in [6.45, 7) is 6.67. The Kier molecular flexibility index (Phi) is 6.40. The van der Waals surface area contributed by atoms with E-state index in [1.807, 2.05) is 37.3 Å². The topological polar surface area (TPSA) is 61.9 Å². The second-order valence-electron chi connectivity index (χ2n) is 5.58. The molecule has 0 spiro atoms. The second-order valence-corrected chi connectivity index (χ2v) is 5.58. The van der Waals surface area contributed by atoms with Crippen LogP contribution in [-0.2, 0) is 9.53 Å². The number of rotatable bonds is 5. The zero-order valence-corrected chi connectivity index (χ0v) is 13.8. The van der Waals surface area contributed by atoms with Crippen molar-refractivity contribution in [3.8, 4) is 0 Å². The predicted molar refractivity (Wildman–Crippen MR) is 88.0 cm³/mol. The molecular formula is C17H25N3O3. The molecule has 1 aliphatic rings. The van der Waals surface area contributed by atoms with Crippen molar-refractivity contribution in [3.63, 3.8) is 0 Å². The van der Waals surface area contributed by atoms with E-state index in [1.165, 1.54) is 0 Å². The number of piperazine rings is 1. The van der Waals surface area contributed by atoms with Crippen LogP contribution in [-0.4, -0.2) is 61.1 Å². The molecule has 1 N–H and O–H groups in total. The normalized spacial score (nSPS) is 16.1. The van der Waals surface area contributed by atoms with E-state index in [4.69, 9.17) is 4.74 Å². The molecule has 6 nitrogen and oxygen atoms in total. The molecule has 0 aromatic heterocycles. The van der Waals surface area contributed by atoms with E-state index in [0.29, 0.717) is 39.3 Å². The van der Waals surface area contributed by atoms with Gasteiger partial charge in [0.25, 0.3) is 0 Å². The van der Waals surface area contributed by atoms with Crippen molar-refractivity contribution in [1.82, 2.24) is 15.1 Å². The van der Waals surface area contributed by atoms with E-state index in [1.54, 1.807) is 16.7 Å². The van der Waals surface area contributed by atoms with Gasteiger partial charge in [0.05, 0.1) is 13.2 Å². The van der Waals surface area contributed by atoms with Crippen LogP contribution in [0.4, 0.5) is 4.79 Å². The highest BCUT2D eigenvalue weighted by molar-refractivity contribution is 5.78. The Bertz CT molecular complexity index is 513. The van der Waals surface area contributed by atoms with Crippen LogP contribution < -0.4 is 5.32 Å². The highest BCUT2D eigenvalue weighted by atomic mass is 16.6. The van der Waals surface area contributed by atoms with Crippen molar-refractivity contribution >= 4 is 12.0 Å². The Hall–Kier alpha value is -2.08. The van der Waals surface area contributed by atoms with Crippen molar-refractivity contribution in [1.29, 1.82) is 0 Å². The average molecular weight is 319 g/mol. The van der Waals surface area contributed by atoms with E-state index in [2.05, 4.69) is 5.32 Å². The van der Waals surface area contributed by atoms with Gasteiger partial charge >= 0.3 is 6.09 Å². The summed E-state index contributed by atoms with van der Waals surface area (Å²) in [4.78, 5) is 27.3. The molecule has 0 bridgehead atoms. The summed E-state index contributed by atoms with van der Waals surface area (Å²) in [5.41, 5.74) is 1.16. The van der Waals surface area contributed by atoms with E-state index < -0.39 is 0 Å². The number of hydrogen-bond donors (Lipinski definition) is 1. The molecule has 0 aliphatic carbocycles. The smallest absolute Gasteiger partial charge is 0.409 e. The van der Waals surface area contributed by atoms with Crippen molar-refractivity contribution in [2.24, 2.45) is 0 Å². The van der Waals surface area contributed by atoms with Gasteiger partial charge < -0.3 is 19.9 Å². The molecule has 2 rings (SSSR count). The zero-order valence-electron chi connectivity index (χ0n) is 13.8. The Balaban J connectivity index is 1.74. The molecule has 1 aromatic rings. The highest BCUT2D eigenvalue weighted by Crippen LogP contribution is 2.11. The van der Waals surface area contributed by atoms with Crippen LogP contribution in [0.1, 0.15) is 25.5 Å². The highest BCUT2D eigenvalue weighted by Gasteiger charge is 2.24. The summed E-state index contributed by atoms with van der Waals surface area (Å²) >= 11 is 0. The van der Waals surface area contributed by atoms with Crippen molar-refractivity contribution in [3.05, 3.63) is 35.9 Å². The molecule has 1 unspecified atom stereocenters. The minimum atomic E-state index is -0.296. The third-order valence-corrected chi connectivity index (χ3v) is 4.02. The minimum Gasteiger partial charge on any atom is -0.450 e. The number of nitrogens with one attached hydrogen (secondary N) is 1. The van der Waals surface area contributed by atoms with Crippen LogP contribution in [0.15, 0.2) is 30.3 Å². The molecule has 1 fully saturated rings. The maximum atomic E-state index is 12.3. The monoisotopic (exact) mass is 319 g/mol. The van der Waals surface area contributed by atoms with Crippen molar-refractivity contribution < 1.29 is 14.3 Å². The molecule has 126 valence electrons. The van der Waals surface area contributed by atoms with E-state index in [0.717, 1.165) is 5.56 Å². The molecule has 1 heterocycles. The fourth-order valence-electron chi connectivity index (χ4n) is 2.56. The quantitative estimate of drug-likeness (QED) is 0.896. The maximum Gasteiger partial charge on any atom is 0.409 e. The number of nitrogens with zero attached hydrogens (tertiary/aromatic N) is 2. The summed E-state index contributed by atoms with van der Waals surface area (Å²) < 4.78 is 4.98. The zero-order chi connectivity index (χ0) is 16.7. The Morgan fingerprint density at radius 1 is 1.13 bits per heavy atom. The molecule has 1 atom stereocenters. The Morgan fingerprint density at radius 3 is 2.35 bits per heavy atom. The molecule has 6 heteroatoms. The minimum absolute atomic E-state index is 0.0660. The number of carbonyl (C=O) groups is 2. The Morgan fingerprint density at radius 2 is 1.74 bits per heavy atom. The van der Waals surface area contributed by atoms with Crippen LogP contribution in [0.25, 0.3) is 0 Å². The van der Waals surface area contributed by atoms with Crippen LogP contribution in [0.3, 0.4) is 0 Å². The lowest BCUT2D eigenvalue weighted by Crippen LogP contribution is -2.52. The van der Waals surface area contributed by atoms with Gasteiger partial charge in [0.15, 0.2) is 0 Å². The lowest BCUT2D eigenvalue weighted by Gasteiger charge is -2.34. The van der Waals surface area contributed by atoms with E-state index in [-0.39, 0.29) is 18.0 Å². The summed E-state index contributed by atoms with van der Waals surface area (Å²) in [6.07, 6.45) is -0.296. The van der Waals surface area contributed by atoms with Crippen LogP contribution in [0.5, 0.6) is 0 Å². The number of hydrogen-bond acceptors (Lipinski definition) is 4. The molecule has 1 aliphatic heterocycles. The largest absolute Gasteiger partial charge is 0.450 e. The fraction of sp³-hybridized carbons (Fsp3) is 0.529. The van der Waals surface area contributed by atoms with Gasteiger partial charge in [-0.15, -0.1) is 0 Å². The average Bonchev–Trinajstić information content (AvgIpc) is 2.60. The third-order valence-electron chi connectivity index (χ3n) is 4.02. The standard InChI is InChI=1S/C17H25N3O3/c1-3-23-17(22)20-11-9-19(10-12-20)16(21)13-18-14(2)15-7-5-4-6-8-15/h4-8,14,18H,3,9-13H2,1-2H3. The summed E-state index contributed by atoms with van der Waals surface area (Å²) in [7, 11) is 0. The van der Waals surface area contributed by atoms with Gasteiger partial charge in [0, 0.05) is 32.2 Å². The van der Waals surface area contributed by atoms with Crippen LogP contribution >= 0.6 is 0 Å². The van der Waals surface area contributed by atoms with Gasteiger partial charge in [-0.3, -0.25) is 4.79 Å². The summed E-state index contributed by atoms with van der Waals surface area (Å²) in [5, 5.41) is 3.25. The van der Waals surface area contributed by atoms with Crippen LogP contribution in [0, 0.1) is 0 Å². The van der Waals surface area contributed by atoms with Gasteiger partial charge in [-0.1, -0.05) is 30.3 Å². The lowest BCUT2D eigenvalue weighted by molar-refractivity contribution is -0.131. The van der Waals surface area contributed by atoms with Gasteiger partial charge in [0.2, 0.25) is 5.91 Å².